The Labute approximate surface area is 124 Å². The highest BCUT2D eigenvalue weighted by molar-refractivity contribution is 7.16. The smallest absolute Gasteiger partial charge is 0.311 e. The lowest BCUT2D eigenvalue weighted by atomic mass is 10.1. The third kappa shape index (κ3) is 2.55. The third-order valence-corrected chi connectivity index (χ3v) is 3.88. The number of nitrogens with zero attached hydrogens (tertiary/aromatic N) is 3. The van der Waals surface area contributed by atoms with E-state index in [9.17, 15) is 10.1 Å². The van der Waals surface area contributed by atoms with Crippen LogP contribution < -0.4 is 4.74 Å². The van der Waals surface area contributed by atoms with E-state index in [-0.39, 0.29) is 11.4 Å². The summed E-state index contributed by atoms with van der Waals surface area (Å²) in [5.41, 5.74) is 0.828. The van der Waals surface area contributed by atoms with Crippen molar-refractivity contribution in [3.05, 3.63) is 51.7 Å². The SMILES string of the molecule is CCc1ccc(Oc2ncnc3sccc23)c([N+](=O)[O-])c1. The van der Waals surface area contributed by atoms with Crippen molar-refractivity contribution >= 4 is 27.2 Å². The number of rotatable bonds is 4. The van der Waals surface area contributed by atoms with Gasteiger partial charge in [-0.2, -0.15) is 0 Å². The van der Waals surface area contributed by atoms with Gasteiger partial charge in [-0.1, -0.05) is 13.0 Å². The zero-order chi connectivity index (χ0) is 14.8. The first-order valence-electron chi connectivity index (χ1n) is 6.32. The number of benzene rings is 1. The number of fused-ring (bicyclic) bond motifs is 1. The first-order chi connectivity index (χ1) is 10.2. The Hall–Kier alpha value is -2.54. The number of nitro groups is 1. The molecule has 0 atom stereocenters. The predicted octanol–water partition coefficient (Wildman–Crippen LogP) is 3.95. The minimum absolute atomic E-state index is 0.0589. The highest BCUT2D eigenvalue weighted by Gasteiger charge is 2.18. The molecule has 0 spiro atoms. The molecule has 2 heterocycles. The van der Waals surface area contributed by atoms with E-state index < -0.39 is 4.92 Å². The quantitative estimate of drug-likeness (QED) is 0.538. The molecule has 0 saturated carbocycles. The van der Waals surface area contributed by atoms with E-state index in [0.717, 1.165) is 22.2 Å². The van der Waals surface area contributed by atoms with Crippen LogP contribution >= 0.6 is 11.3 Å². The van der Waals surface area contributed by atoms with E-state index in [2.05, 4.69) is 9.97 Å². The van der Waals surface area contributed by atoms with Gasteiger partial charge < -0.3 is 4.74 Å². The molecule has 7 heteroatoms. The van der Waals surface area contributed by atoms with E-state index in [0.29, 0.717) is 5.88 Å². The van der Waals surface area contributed by atoms with Crippen molar-refractivity contribution in [2.24, 2.45) is 0 Å². The molecule has 0 aliphatic heterocycles. The van der Waals surface area contributed by atoms with Crippen LogP contribution in [-0.4, -0.2) is 14.9 Å². The Balaban J connectivity index is 2.05. The Morgan fingerprint density at radius 3 is 2.95 bits per heavy atom. The molecule has 0 bridgehead atoms. The number of aromatic nitrogens is 2. The molecule has 3 rings (SSSR count). The predicted molar refractivity (Wildman–Crippen MR) is 80.0 cm³/mol. The van der Waals surface area contributed by atoms with Gasteiger partial charge in [-0.05, 0) is 29.5 Å². The second-order valence-electron chi connectivity index (χ2n) is 4.33. The van der Waals surface area contributed by atoms with Crippen molar-refractivity contribution in [1.82, 2.24) is 9.97 Å². The van der Waals surface area contributed by atoms with Gasteiger partial charge in [-0.25, -0.2) is 9.97 Å². The molecule has 0 N–H and O–H groups in total. The van der Waals surface area contributed by atoms with Crippen molar-refractivity contribution in [2.45, 2.75) is 13.3 Å². The maximum absolute atomic E-state index is 11.2. The molecule has 0 fully saturated rings. The van der Waals surface area contributed by atoms with E-state index >= 15 is 0 Å². The zero-order valence-corrected chi connectivity index (χ0v) is 12.0. The van der Waals surface area contributed by atoms with Crippen LogP contribution in [0, 0.1) is 10.1 Å². The van der Waals surface area contributed by atoms with Crippen molar-refractivity contribution in [3.8, 4) is 11.6 Å². The Morgan fingerprint density at radius 2 is 2.19 bits per heavy atom. The van der Waals surface area contributed by atoms with Gasteiger partial charge in [0.1, 0.15) is 11.2 Å². The normalized spacial score (nSPS) is 10.7. The lowest BCUT2D eigenvalue weighted by Crippen LogP contribution is -1.96. The van der Waals surface area contributed by atoms with E-state index in [1.165, 1.54) is 23.7 Å². The summed E-state index contributed by atoms with van der Waals surface area (Å²) >= 11 is 1.46. The molecule has 2 aromatic heterocycles. The van der Waals surface area contributed by atoms with Gasteiger partial charge in [0.05, 0.1) is 10.3 Å². The lowest BCUT2D eigenvalue weighted by molar-refractivity contribution is -0.385. The molecule has 0 aliphatic carbocycles. The minimum Gasteiger partial charge on any atom is -0.431 e. The molecule has 0 radical (unpaired) electrons. The summed E-state index contributed by atoms with van der Waals surface area (Å²) in [6.07, 6.45) is 2.11. The number of hydrogen-bond donors (Lipinski definition) is 0. The van der Waals surface area contributed by atoms with E-state index in [1.807, 2.05) is 24.4 Å². The van der Waals surface area contributed by atoms with Crippen molar-refractivity contribution in [3.63, 3.8) is 0 Å². The third-order valence-electron chi connectivity index (χ3n) is 3.06. The van der Waals surface area contributed by atoms with Crippen LogP contribution in [0.2, 0.25) is 0 Å². The molecule has 6 nitrogen and oxygen atoms in total. The van der Waals surface area contributed by atoms with Gasteiger partial charge in [0, 0.05) is 6.07 Å². The summed E-state index contributed by atoms with van der Waals surface area (Å²) in [6, 6.07) is 6.79. The fraction of sp³-hybridized carbons (Fsp3) is 0.143. The summed E-state index contributed by atoms with van der Waals surface area (Å²) < 4.78 is 5.66. The number of hydrogen-bond acceptors (Lipinski definition) is 6. The molecule has 106 valence electrons. The van der Waals surface area contributed by atoms with Gasteiger partial charge in [-0.3, -0.25) is 10.1 Å². The Bertz CT molecular complexity index is 816. The minimum atomic E-state index is -0.444. The van der Waals surface area contributed by atoms with Crippen LogP contribution in [0.5, 0.6) is 11.6 Å². The van der Waals surface area contributed by atoms with Crippen LogP contribution in [0.4, 0.5) is 5.69 Å². The summed E-state index contributed by atoms with van der Waals surface area (Å²) in [5.74, 6) is 0.511. The van der Waals surface area contributed by atoms with Crippen LogP contribution in [0.3, 0.4) is 0 Å². The monoisotopic (exact) mass is 301 g/mol. The van der Waals surface area contributed by atoms with Crippen molar-refractivity contribution in [1.29, 1.82) is 0 Å². The number of aryl methyl sites for hydroxylation is 1. The molecule has 0 unspecified atom stereocenters. The van der Waals surface area contributed by atoms with Crippen LogP contribution in [-0.2, 0) is 6.42 Å². The van der Waals surface area contributed by atoms with Crippen LogP contribution in [0.1, 0.15) is 12.5 Å². The number of nitro benzene ring substituents is 1. The van der Waals surface area contributed by atoms with Crippen LogP contribution in [0.25, 0.3) is 10.2 Å². The van der Waals surface area contributed by atoms with Crippen LogP contribution in [0.15, 0.2) is 36.0 Å². The average molecular weight is 301 g/mol. The fourth-order valence-corrected chi connectivity index (χ4v) is 2.69. The van der Waals surface area contributed by atoms with Crippen molar-refractivity contribution in [2.75, 3.05) is 0 Å². The van der Waals surface area contributed by atoms with Gasteiger partial charge in [0.25, 0.3) is 0 Å². The van der Waals surface area contributed by atoms with E-state index in [4.69, 9.17) is 4.74 Å². The van der Waals surface area contributed by atoms with Gasteiger partial charge in [-0.15, -0.1) is 11.3 Å². The Kier molecular flexibility index (Phi) is 3.49. The number of ether oxygens (including phenoxy) is 1. The molecule has 3 aromatic rings. The zero-order valence-electron chi connectivity index (χ0n) is 11.1. The second kappa shape index (κ2) is 5.45. The van der Waals surface area contributed by atoms with E-state index in [1.54, 1.807) is 6.07 Å². The van der Waals surface area contributed by atoms with Gasteiger partial charge in [0.2, 0.25) is 11.6 Å². The molecule has 0 saturated heterocycles. The maximum Gasteiger partial charge on any atom is 0.311 e. The summed E-state index contributed by atoms with van der Waals surface area (Å²) in [5, 5.41) is 13.8. The summed E-state index contributed by atoms with van der Waals surface area (Å²) in [4.78, 5) is 19.7. The molecular weight excluding hydrogens is 290 g/mol. The fourth-order valence-electron chi connectivity index (χ4n) is 1.96. The number of thiophene rings is 1. The Morgan fingerprint density at radius 1 is 1.33 bits per heavy atom. The molecule has 0 amide bonds. The standard InChI is InChI=1S/C14H11N3O3S/c1-2-9-3-4-12(11(7-9)17(18)19)20-13-10-5-6-21-14(10)16-8-15-13/h3-8H,2H2,1H3. The largest absolute Gasteiger partial charge is 0.431 e. The topological polar surface area (TPSA) is 78.2 Å². The first kappa shape index (κ1) is 13.4. The second-order valence-corrected chi connectivity index (χ2v) is 5.23. The summed E-state index contributed by atoms with van der Waals surface area (Å²) in [6.45, 7) is 1.94. The first-order valence-corrected chi connectivity index (χ1v) is 7.20. The lowest BCUT2D eigenvalue weighted by Gasteiger charge is -2.07. The molecule has 1 aromatic carbocycles. The molecule has 21 heavy (non-hydrogen) atoms. The molecular formula is C14H11N3O3S. The average Bonchev–Trinajstić information content (AvgIpc) is 2.97. The summed E-state index contributed by atoms with van der Waals surface area (Å²) in [7, 11) is 0. The maximum atomic E-state index is 11.2. The van der Waals surface area contributed by atoms with Gasteiger partial charge in [0.15, 0.2) is 0 Å². The van der Waals surface area contributed by atoms with Crippen molar-refractivity contribution < 1.29 is 9.66 Å². The molecule has 0 aliphatic rings. The highest BCUT2D eigenvalue weighted by Crippen LogP contribution is 2.35. The van der Waals surface area contributed by atoms with Gasteiger partial charge >= 0.3 is 5.69 Å². The highest BCUT2D eigenvalue weighted by atomic mass is 32.1.